The van der Waals surface area contributed by atoms with Gasteiger partial charge in [-0.2, -0.15) is 0 Å². The van der Waals surface area contributed by atoms with Crippen molar-refractivity contribution in [1.29, 1.82) is 0 Å². The van der Waals surface area contributed by atoms with E-state index in [-0.39, 0.29) is 5.91 Å². The van der Waals surface area contributed by atoms with Gasteiger partial charge < -0.3 is 20.3 Å². The molecule has 1 aliphatic heterocycles. The SMILES string of the molecule is Cc1ccc(NC(=O)c2cccc(N3CCOCC3)c2)cc1NC(=O)c1cccc(N(C)S(C)(=O)=O)c1. The zero-order valence-electron chi connectivity index (χ0n) is 21.0. The van der Waals surface area contributed by atoms with Gasteiger partial charge in [0.2, 0.25) is 10.0 Å². The number of rotatable bonds is 7. The number of anilines is 4. The molecule has 2 amide bonds. The highest BCUT2D eigenvalue weighted by molar-refractivity contribution is 7.92. The fourth-order valence-corrected chi connectivity index (χ4v) is 4.43. The number of carbonyl (C=O) groups is 2. The number of amides is 2. The van der Waals surface area contributed by atoms with Gasteiger partial charge in [-0.3, -0.25) is 13.9 Å². The molecule has 4 rings (SSSR count). The third-order valence-corrected chi connectivity index (χ3v) is 7.40. The molecule has 1 saturated heterocycles. The molecule has 37 heavy (non-hydrogen) atoms. The fourth-order valence-electron chi connectivity index (χ4n) is 3.93. The molecule has 0 atom stereocenters. The van der Waals surface area contributed by atoms with Gasteiger partial charge in [0.25, 0.3) is 11.8 Å². The predicted octanol–water partition coefficient (Wildman–Crippen LogP) is 3.73. The average molecular weight is 523 g/mol. The maximum Gasteiger partial charge on any atom is 0.255 e. The molecule has 3 aromatic carbocycles. The molecular formula is C27H30N4O5S. The molecule has 0 spiro atoms. The van der Waals surface area contributed by atoms with Crippen LogP contribution in [0.2, 0.25) is 0 Å². The topological polar surface area (TPSA) is 108 Å². The van der Waals surface area contributed by atoms with Crippen LogP contribution in [0.25, 0.3) is 0 Å². The van der Waals surface area contributed by atoms with Gasteiger partial charge in [0, 0.05) is 48.3 Å². The zero-order valence-corrected chi connectivity index (χ0v) is 21.8. The Balaban J connectivity index is 1.48. The third-order valence-electron chi connectivity index (χ3n) is 6.20. The highest BCUT2D eigenvalue weighted by atomic mass is 32.2. The van der Waals surface area contributed by atoms with Gasteiger partial charge in [-0.25, -0.2) is 8.42 Å². The number of hydrogen-bond donors (Lipinski definition) is 2. The van der Waals surface area contributed by atoms with Crippen molar-refractivity contribution in [3.63, 3.8) is 0 Å². The van der Waals surface area contributed by atoms with Crippen LogP contribution in [0.3, 0.4) is 0 Å². The maximum absolute atomic E-state index is 13.0. The number of sulfonamides is 1. The molecular weight excluding hydrogens is 492 g/mol. The Morgan fingerprint density at radius 3 is 2.24 bits per heavy atom. The molecule has 9 nitrogen and oxygen atoms in total. The summed E-state index contributed by atoms with van der Waals surface area (Å²) in [5.41, 5.74) is 4.07. The van der Waals surface area contributed by atoms with E-state index in [9.17, 15) is 18.0 Å². The van der Waals surface area contributed by atoms with E-state index >= 15 is 0 Å². The van der Waals surface area contributed by atoms with Crippen LogP contribution < -0.4 is 19.8 Å². The molecule has 1 heterocycles. The molecule has 2 N–H and O–H groups in total. The van der Waals surface area contributed by atoms with E-state index in [1.807, 2.05) is 31.2 Å². The Morgan fingerprint density at radius 2 is 1.54 bits per heavy atom. The van der Waals surface area contributed by atoms with Crippen molar-refractivity contribution >= 4 is 44.6 Å². The second-order valence-corrected chi connectivity index (χ2v) is 10.9. The van der Waals surface area contributed by atoms with Crippen LogP contribution in [0, 0.1) is 6.92 Å². The largest absolute Gasteiger partial charge is 0.378 e. The molecule has 1 aliphatic rings. The lowest BCUT2D eigenvalue weighted by Gasteiger charge is -2.29. The molecule has 10 heteroatoms. The van der Waals surface area contributed by atoms with Crippen molar-refractivity contribution < 1.29 is 22.7 Å². The Morgan fingerprint density at radius 1 is 0.892 bits per heavy atom. The predicted molar refractivity (Wildman–Crippen MR) is 146 cm³/mol. The summed E-state index contributed by atoms with van der Waals surface area (Å²) < 4.78 is 30.2. The van der Waals surface area contributed by atoms with E-state index in [1.54, 1.807) is 36.4 Å². The van der Waals surface area contributed by atoms with Gasteiger partial charge in [0.05, 0.1) is 25.2 Å². The van der Waals surface area contributed by atoms with Crippen LogP contribution in [0.1, 0.15) is 26.3 Å². The summed E-state index contributed by atoms with van der Waals surface area (Å²) in [5, 5.41) is 5.76. The Hall–Kier alpha value is -3.89. The second kappa shape index (κ2) is 11.0. The quantitative estimate of drug-likeness (QED) is 0.490. The first kappa shape index (κ1) is 26.2. The van der Waals surface area contributed by atoms with Crippen molar-refractivity contribution in [2.24, 2.45) is 0 Å². The summed E-state index contributed by atoms with van der Waals surface area (Å²) in [4.78, 5) is 28.1. The average Bonchev–Trinajstić information content (AvgIpc) is 2.90. The lowest BCUT2D eigenvalue weighted by Crippen LogP contribution is -2.36. The van der Waals surface area contributed by atoms with E-state index in [0.717, 1.165) is 34.9 Å². The van der Waals surface area contributed by atoms with Gasteiger partial charge in [-0.05, 0) is 61.0 Å². The minimum absolute atomic E-state index is 0.257. The minimum atomic E-state index is -3.46. The van der Waals surface area contributed by atoms with Crippen LogP contribution >= 0.6 is 0 Å². The maximum atomic E-state index is 13.0. The molecule has 0 bridgehead atoms. The van der Waals surface area contributed by atoms with Crippen molar-refractivity contribution in [3.05, 3.63) is 83.4 Å². The van der Waals surface area contributed by atoms with Gasteiger partial charge in [-0.15, -0.1) is 0 Å². The summed E-state index contributed by atoms with van der Waals surface area (Å²) in [7, 11) is -2.03. The van der Waals surface area contributed by atoms with Gasteiger partial charge in [0.15, 0.2) is 0 Å². The highest BCUT2D eigenvalue weighted by Gasteiger charge is 2.16. The van der Waals surface area contributed by atoms with Crippen molar-refractivity contribution in [3.8, 4) is 0 Å². The van der Waals surface area contributed by atoms with E-state index in [1.165, 1.54) is 13.1 Å². The molecule has 0 unspecified atom stereocenters. The lowest BCUT2D eigenvalue weighted by atomic mass is 10.1. The second-order valence-electron chi connectivity index (χ2n) is 8.87. The zero-order chi connectivity index (χ0) is 26.6. The number of morpholine rings is 1. The number of nitrogens with zero attached hydrogens (tertiary/aromatic N) is 2. The van der Waals surface area contributed by atoms with Crippen LogP contribution in [0.4, 0.5) is 22.7 Å². The van der Waals surface area contributed by atoms with Crippen LogP contribution in [-0.2, 0) is 14.8 Å². The molecule has 194 valence electrons. The first-order valence-corrected chi connectivity index (χ1v) is 13.7. The molecule has 3 aromatic rings. The summed E-state index contributed by atoms with van der Waals surface area (Å²) >= 11 is 0. The van der Waals surface area contributed by atoms with E-state index in [2.05, 4.69) is 15.5 Å². The summed E-state index contributed by atoms with van der Waals surface area (Å²) in [6.45, 7) is 4.72. The summed E-state index contributed by atoms with van der Waals surface area (Å²) in [6, 6.07) is 19.1. The van der Waals surface area contributed by atoms with E-state index in [0.29, 0.717) is 41.4 Å². The van der Waals surface area contributed by atoms with Crippen LogP contribution in [0.15, 0.2) is 66.7 Å². The van der Waals surface area contributed by atoms with E-state index in [4.69, 9.17) is 4.74 Å². The van der Waals surface area contributed by atoms with Crippen LogP contribution in [0.5, 0.6) is 0 Å². The first-order chi connectivity index (χ1) is 17.6. The standard InChI is InChI=1S/C27H30N4O5S/c1-19-10-11-22(28-26(32)21-7-5-9-24(17-21)31-12-14-36-15-13-31)18-25(19)29-27(33)20-6-4-8-23(16-20)30(2)37(3,34)35/h4-11,16-18H,12-15H2,1-3H3,(H,28,32)(H,29,33). The Kier molecular flexibility index (Phi) is 7.80. The summed E-state index contributed by atoms with van der Waals surface area (Å²) in [5.74, 6) is -0.652. The van der Waals surface area contributed by atoms with Crippen molar-refractivity contribution in [2.75, 3.05) is 59.4 Å². The van der Waals surface area contributed by atoms with Crippen LogP contribution in [-0.4, -0.2) is 59.8 Å². The number of carbonyl (C=O) groups excluding carboxylic acids is 2. The van der Waals surface area contributed by atoms with Crippen molar-refractivity contribution in [2.45, 2.75) is 6.92 Å². The van der Waals surface area contributed by atoms with Gasteiger partial charge in [0.1, 0.15) is 0 Å². The monoisotopic (exact) mass is 522 g/mol. The number of hydrogen-bond acceptors (Lipinski definition) is 6. The third kappa shape index (κ3) is 6.46. The normalized spacial score (nSPS) is 13.6. The molecule has 0 aromatic heterocycles. The highest BCUT2D eigenvalue weighted by Crippen LogP contribution is 2.24. The molecule has 0 aliphatic carbocycles. The number of benzene rings is 3. The molecule has 1 fully saturated rings. The van der Waals surface area contributed by atoms with E-state index < -0.39 is 15.9 Å². The number of aryl methyl sites for hydroxylation is 1. The summed E-state index contributed by atoms with van der Waals surface area (Å²) in [6.07, 6.45) is 1.10. The van der Waals surface area contributed by atoms with Gasteiger partial charge >= 0.3 is 0 Å². The Bertz CT molecular complexity index is 1420. The molecule has 0 saturated carbocycles. The lowest BCUT2D eigenvalue weighted by molar-refractivity contribution is 0.101. The number of ether oxygens (including phenoxy) is 1. The first-order valence-electron chi connectivity index (χ1n) is 11.8. The fraction of sp³-hybridized carbons (Fsp3) is 0.259. The molecule has 0 radical (unpaired) electrons. The minimum Gasteiger partial charge on any atom is -0.378 e. The van der Waals surface area contributed by atoms with Crippen molar-refractivity contribution in [1.82, 2.24) is 0 Å². The smallest absolute Gasteiger partial charge is 0.255 e. The Labute approximate surface area is 217 Å². The number of nitrogens with one attached hydrogen (secondary N) is 2. The van der Waals surface area contributed by atoms with Gasteiger partial charge in [-0.1, -0.05) is 18.2 Å².